The average molecular weight is 1530 g/mol. The molecule has 28 heteroatoms. The number of fused-ring (bicyclic) bond motifs is 8. The van der Waals surface area contributed by atoms with Gasteiger partial charge < -0.3 is 50.3 Å². The first-order valence-electron chi connectivity index (χ1n) is 38.2. The van der Waals surface area contributed by atoms with Crippen LogP contribution in [0, 0.1) is 27.7 Å². The van der Waals surface area contributed by atoms with E-state index in [-0.39, 0.29) is 52.4 Å². The molecule has 1 aliphatic carbocycles. The molecule has 1 fully saturated rings. The van der Waals surface area contributed by atoms with Gasteiger partial charge in [0.15, 0.2) is 45.9 Å². The van der Waals surface area contributed by atoms with Crippen molar-refractivity contribution >= 4 is 111 Å². The minimum Gasteiger partial charge on any atom is -0.360 e. The van der Waals surface area contributed by atoms with Gasteiger partial charge in [-0.25, -0.2) is 59.8 Å². The number of pyridine rings is 4. The molecule has 19 rings (SSSR count). The predicted molar refractivity (Wildman–Crippen MR) is 453 cm³/mol. The van der Waals surface area contributed by atoms with Crippen LogP contribution in [0.5, 0.6) is 0 Å². The number of H-pyrrole nitrogens is 4. The third-order valence-electron chi connectivity index (χ3n) is 21.0. The number of rotatable bonds is 17. The summed E-state index contributed by atoms with van der Waals surface area (Å²) in [6, 6.07) is 51.4. The van der Waals surface area contributed by atoms with Crippen molar-refractivity contribution in [2.24, 2.45) is 0 Å². The van der Waals surface area contributed by atoms with Crippen LogP contribution in [0.15, 0.2) is 228 Å². The largest absolute Gasteiger partial charge is 0.360 e. The predicted octanol–water partition coefficient (Wildman–Crippen LogP) is 15.9. The number of para-hydroxylation sites is 2. The Kier molecular flexibility index (Phi) is 20.6. The summed E-state index contributed by atoms with van der Waals surface area (Å²) in [5.74, 6) is 2.65. The number of imidazole rings is 4. The van der Waals surface area contributed by atoms with Crippen molar-refractivity contribution < 1.29 is 0 Å². The first kappa shape index (κ1) is 74.6. The van der Waals surface area contributed by atoms with Gasteiger partial charge in [0.1, 0.15) is 47.4 Å². The lowest BCUT2D eigenvalue weighted by Crippen LogP contribution is -2.28. The molecule has 0 saturated heterocycles. The molecule has 0 spiro atoms. The van der Waals surface area contributed by atoms with E-state index in [4.69, 9.17) is 0 Å². The Morgan fingerprint density at radius 2 is 0.696 bits per heavy atom. The second-order valence-electron chi connectivity index (χ2n) is 29.1. The average Bonchev–Trinajstić information content (AvgIpc) is 1.24. The molecular formula is C87H84N24O4. The summed E-state index contributed by atoms with van der Waals surface area (Å²) in [6.45, 7) is 20.2. The minimum atomic E-state index is -0.204. The second kappa shape index (κ2) is 31.7. The maximum Gasteiger partial charge on any atom is 0.263 e. The zero-order valence-corrected chi connectivity index (χ0v) is 65.0. The quantitative estimate of drug-likeness (QED) is 0.0420. The van der Waals surface area contributed by atoms with Crippen LogP contribution in [0.4, 0.5) is 23.3 Å². The fraction of sp³-hybridized carbons (Fsp3) is 0.218. The van der Waals surface area contributed by atoms with E-state index in [1.807, 2.05) is 203 Å². The summed E-state index contributed by atoms with van der Waals surface area (Å²) in [6.07, 6.45) is 15.2. The standard InChI is InChI=1S/C24H22N6O.C23H20N6O.C20H20N6O.C20H22N6O/c1-3-18(29-23-21-22(26-13-25-21)27-14-28-23)19-12-16-9-7-8-15(2)20(16)24(31)30(19)17-10-5-4-6-11-17;1-14-7-6-8-16-11-18(29(23(30)19(14)16)17-9-4-3-5-10-17)15(2)28-22-20-21(25-12-24-20)26-13-27-22;1-11-4-3-5-13-8-15(26(14-6-7-14)20(27)16(11)13)12(2)25-19-17-18(22-9-21-17)23-10-24-19;1-11(2)26-15(8-14-7-5-6-12(3)16(14)20(26)27)13(4)25-19-17-18(22-9-21-17)23-10-24-19/h4-14,18H,3H2,1-2H3,(H2,25,26,27,28,29);3-13,15H,1-2H3,(H2,24,25,26,27,28);3-5,8-10,12,14H,6-7H2,1-2H3,(H2,21,22,23,24,25);5-11,13H,1-4H3,(H2,21,22,23,24,25). The molecule has 28 nitrogen and oxygen atoms in total. The zero-order chi connectivity index (χ0) is 79.7. The summed E-state index contributed by atoms with van der Waals surface area (Å²) in [5, 5.41) is 20.6. The lowest BCUT2D eigenvalue weighted by Gasteiger charge is -2.23. The fourth-order valence-corrected chi connectivity index (χ4v) is 15.3. The van der Waals surface area contributed by atoms with Crippen molar-refractivity contribution in [3.63, 3.8) is 0 Å². The number of aromatic nitrogens is 20. The van der Waals surface area contributed by atoms with Crippen LogP contribution >= 0.6 is 0 Å². The molecule has 576 valence electrons. The molecule has 8 N–H and O–H groups in total. The summed E-state index contributed by atoms with van der Waals surface area (Å²) in [7, 11) is 0. The molecule has 12 heterocycles. The van der Waals surface area contributed by atoms with Crippen LogP contribution in [0.25, 0.3) is 99.1 Å². The zero-order valence-electron chi connectivity index (χ0n) is 65.0. The number of anilines is 4. The number of hydrogen-bond acceptors (Lipinski definition) is 20. The Balaban J connectivity index is 0.000000115. The fourth-order valence-electron chi connectivity index (χ4n) is 15.3. The first-order valence-corrected chi connectivity index (χ1v) is 38.2. The lowest BCUT2D eigenvalue weighted by molar-refractivity contribution is 0.541. The molecule has 115 heavy (non-hydrogen) atoms. The molecule has 18 aromatic rings. The molecule has 0 amide bonds. The number of benzene rings is 6. The summed E-state index contributed by atoms with van der Waals surface area (Å²) in [4.78, 5) is 117. The SMILES string of the molecule is CCC(Nc1ncnc2nc[nH]c12)c1cc2cccc(C)c2c(=O)n1-c1ccccc1.Cc1cccc2cc(C(C)Nc3ncnc4nc[nH]c34)n(-c3ccccc3)c(=O)c12.Cc1cccc2cc(C(C)Nc3ncnc4nc[nH]c34)n(C(C)C)c(=O)c12.Cc1cccc2cc(C(C)Nc3ncnc4nc[nH]c34)n(C3CC3)c(=O)c12. The highest BCUT2D eigenvalue weighted by atomic mass is 16.1. The van der Waals surface area contributed by atoms with Gasteiger partial charge in [-0.15, -0.1) is 0 Å². The van der Waals surface area contributed by atoms with Gasteiger partial charge in [-0.05, 0) is 174 Å². The second-order valence-corrected chi connectivity index (χ2v) is 29.1. The maximum absolute atomic E-state index is 13.7. The number of aryl methyl sites for hydroxylation is 4. The van der Waals surface area contributed by atoms with Crippen molar-refractivity contribution in [2.75, 3.05) is 21.3 Å². The number of nitrogens with zero attached hydrogens (tertiary/aromatic N) is 16. The van der Waals surface area contributed by atoms with Crippen molar-refractivity contribution in [3.8, 4) is 11.4 Å². The molecule has 4 unspecified atom stereocenters. The van der Waals surface area contributed by atoms with Crippen molar-refractivity contribution in [1.82, 2.24) is 98.0 Å². The van der Waals surface area contributed by atoms with Crippen LogP contribution in [0.1, 0.15) is 142 Å². The van der Waals surface area contributed by atoms with Gasteiger partial charge in [-0.1, -0.05) is 116 Å². The Morgan fingerprint density at radius 3 is 1.08 bits per heavy atom. The molecule has 1 saturated carbocycles. The molecule has 6 aromatic carbocycles. The van der Waals surface area contributed by atoms with Crippen LogP contribution in [-0.2, 0) is 0 Å². The monoisotopic (exact) mass is 1530 g/mol. The Bertz CT molecular complexity index is 6730. The van der Waals surface area contributed by atoms with Gasteiger partial charge in [-0.2, -0.15) is 0 Å². The maximum atomic E-state index is 13.7. The van der Waals surface area contributed by atoms with E-state index < -0.39 is 0 Å². The van der Waals surface area contributed by atoms with E-state index in [9.17, 15) is 19.2 Å². The Hall–Kier alpha value is -14.4. The molecule has 12 aromatic heterocycles. The first-order chi connectivity index (χ1) is 55.9. The molecule has 0 aliphatic heterocycles. The lowest BCUT2D eigenvalue weighted by atomic mass is 10.0. The number of aromatic amines is 4. The van der Waals surface area contributed by atoms with Gasteiger partial charge in [0, 0.05) is 46.2 Å². The highest BCUT2D eigenvalue weighted by Crippen LogP contribution is 2.39. The van der Waals surface area contributed by atoms with Crippen molar-refractivity contribution in [1.29, 1.82) is 0 Å². The highest BCUT2D eigenvalue weighted by molar-refractivity contribution is 5.90. The van der Waals surface area contributed by atoms with Gasteiger partial charge in [0.25, 0.3) is 22.2 Å². The summed E-state index contributed by atoms with van der Waals surface area (Å²) in [5.41, 5.74) is 14.7. The highest BCUT2D eigenvalue weighted by Gasteiger charge is 2.31. The molecule has 1 aliphatic rings. The van der Waals surface area contributed by atoms with Crippen molar-refractivity contribution in [3.05, 3.63) is 295 Å². The van der Waals surface area contributed by atoms with Crippen LogP contribution in [0.3, 0.4) is 0 Å². The third-order valence-corrected chi connectivity index (χ3v) is 21.0. The number of nitrogens with one attached hydrogen (secondary N) is 8. The van der Waals surface area contributed by atoms with E-state index in [1.165, 1.54) is 25.3 Å². The van der Waals surface area contributed by atoms with Crippen LogP contribution < -0.4 is 43.5 Å². The van der Waals surface area contributed by atoms with Gasteiger partial charge in [-0.3, -0.25) is 28.3 Å². The molecule has 0 radical (unpaired) electrons. The third kappa shape index (κ3) is 14.6. The van der Waals surface area contributed by atoms with E-state index in [1.54, 1.807) is 29.9 Å². The van der Waals surface area contributed by atoms with E-state index in [2.05, 4.69) is 139 Å². The van der Waals surface area contributed by atoms with Crippen LogP contribution in [-0.4, -0.2) is 98.0 Å². The summed E-state index contributed by atoms with van der Waals surface area (Å²) < 4.78 is 7.41. The topological polar surface area (TPSA) is 354 Å². The molecular weight excluding hydrogens is 1450 g/mol. The molecule has 4 atom stereocenters. The number of hydrogen-bond donors (Lipinski definition) is 8. The molecule has 0 bridgehead atoms. The van der Waals surface area contributed by atoms with E-state index >= 15 is 0 Å². The Morgan fingerprint density at radius 1 is 0.365 bits per heavy atom. The summed E-state index contributed by atoms with van der Waals surface area (Å²) >= 11 is 0. The minimum absolute atomic E-state index is 0.0218. The van der Waals surface area contributed by atoms with E-state index in [0.717, 1.165) is 141 Å². The van der Waals surface area contributed by atoms with Crippen LogP contribution in [0.2, 0.25) is 0 Å². The van der Waals surface area contributed by atoms with E-state index in [0.29, 0.717) is 51.9 Å². The van der Waals surface area contributed by atoms with Gasteiger partial charge in [0.2, 0.25) is 0 Å². The van der Waals surface area contributed by atoms with Crippen molar-refractivity contribution in [2.45, 2.75) is 125 Å². The normalized spacial score (nSPS) is 13.1. The van der Waals surface area contributed by atoms with Gasteiger partial charge in [0.05, 0.1) is 71.0 Å². The Labute approximate surface area is 657 Å². The van der Waals surface area contributed by atoms with Gasteiger partial charge >= 0.3 is 0 Å². The smallest absolute Gasteiger partial charge is 0.263 e.